The highest BCUT2D eigenvalue weighted by molar-refractivity contribution is 5.75. The van der Waals surface area contributed by atoms with Crippen LogP contribution in [0.1, 0.15) is 19.5 Å². The van der Waals surface area contributed by atoms with Crippen LogP contribution in [0.3, 0.4) is 0 Å². The zero-order valence-electron chi connectivity index (χ0n) is 10.2. The van der Waals surface area contributed by atoms with Crippen LogP contribution in [-0.2, 0) is 9.53 Å². The fraction of sp³-hybridized carbons (Fsp3) is 0.417. The monoisotopic (exact) mass is 233 g/mol. The smallest absolute Gasteiger partial charge is 0.325 e. The van der Waals surface area contributed by atoms with Crippen molar-refractivity contribution in [2.75, 3.05) is 18.6 Å². The van der Waals surface area contributed by atoms with E-state index in [1.807, 2.05) is 24.8 Å². The Morgan fingerprint density at radius 1 is 1.59 bits per heavy atom. The molecule has 0 aromatic carbocycles. The number of carbonyl (C=O) groups is 1. The summed E-state index contributed by atoms with van der Waals surface area (Å²) in [7, 11) is 1.36. The standard InChI is InChI=1S/C12H15N3O2/c1-9(2)15(8-12(16)17-3)11-5-4-10(6-13)14-7-11/h4-5,7,9H,8H2,1-3H3. The number of rotatable bonds is 4. The molecule has 0 radical (unpaired) electrons. The van der Waals surface area contributed by atoms with Gasteiger partial charge in [-0.15, -0.1) is 0 Å². The predicted octanol–water partition coefficient (Wildman–Crippen LogP) is 1.34. The van der Waals surface area contributed by atoms with Gasteiger partial charge in [0.2, 0.25) is 0 Å². The van der Waals surface area contributed by atoms with Crippen molar-refractivity contribution in [2.45, 2.75) is 19.9 Å². The Hall–Kier alpha value is -2.09. The molecule has 0 fully saturated rings. The molecule has 0 unspecified atom stereocenters. The molecule has 0 atom stereocenters. The van der Waals surface area contributed by atoms with Crippen LogP contribution in [0.2, 0.25) is 0 Å². The predicted molar refractivity (Wildman–Crippen MR) is 63.5 cm³/mol. The van der Waals surface area contributed by atoms with Gasteiger partial charge in [0.15, 0.2) is 0 Å². The highest BCUT2D eigenvalue weighted by Gasteiger charge is 2.15. The molecule has 1 aromatic rings. The second-order valence-corrected chi connectivity index (χ2v) is 3.81. The summed E-state index contributed by atoms with van der Waals surface area (Å²) in [5, 5.41) is 8.66. The van der Waals surface area contributed by atoms with E-state index in [1.165, 1.54) is 7.11 Å². The number of nitrogens with zero attached hydrogens (tertiary/aromatic N) is 3. The summed E-state index contributed by atoms with van der Waals surface area (Å²) in [6.07, 6.45) is 1.58. The molecule has 1 heterocycles. The molecule has 0 amide bonds. The zero-order valence-corrected chi connectivity index (χ0v) is 10.2. The van der Waals surface area contributed by atoms with Gasteiger partial charge in [0, 0.05) is 6.04 Å². The lowest BCUT2D eigenvalue weighted by Gasteiger charge is -2.27. The number of ether oxygens (including phenoxy) is 1. The number of hydrogen-bond acceptors (Lipinski definition) is 5. The van der Waals surface area contributed by atoms with Gasteiger partial charge in [-0.05, 0) is 26.0 Å². The van der Waals surface area contributed by atoms with Crippen molar-refractivity contribution in [1.29, 1.82) is 5.26 Å². The first-order valence-corrected chi connectivity index (χ1v) is 5.28. The van der Waals surface area contributed by atoms with Gasteiger partial charge in [-0.25, -0.2) is 4.98 Å². The first kappa shape index (κ1) is 13.0. The number of aromatic nitrogens is 1. The van der Waals surface area contributed by atoms with E-state index in [1.54, 1.807) is 18.3 Å². The van der Waals surface area contributed by atoms with Crippen molar-refractivity contribution in [3.63, 3.8) is 0 Å². The van der Waals surface area contributed by atoms with E-state index in [0.717, 1.165) is 5.69 Å². The number of esters is 1. The van der Waals surface area contributed by atoms with Gasteiger partial charge in [0.1, 0.15) is 18.3 Å². The Bertz CT molecular complexity index is 420. The maximum atomic E-state index is 11.3. The van der Waals surface area contributed by atoms with Crippen LogP contribution in [0.25, 0.3) is 0 Å². The van der Waals surface area contributed by atoms with Gasteiger partial charge in [-0.3, -0.25) is 4.79 Å². The molecule has 0 saturated heterocycles. The van der Waals surface area contributed by atoms with Crippen LogP contribution >= 0.6 is 0 Å². The molecule has 5 heteroatoms. The molecule has 0 saturated carbocycles. The van der Waals surface area contributed by atoms with Crippen molar-refractivity contribution < 1.29 is 9.53 Å². The van der Waals surface area contributed by atoms with E-state index < -0.39 is 0 Å². The van der Waals surface area contributed by atoms with Crippen molar-refractivity contribution in [3.05, 3.63) is 24.0 Å². The minimum atomic E-state index is -0.303. The quantitative estimate of drug-likeness (QED) is 0.734. The normalized spacial score (nSPS) is 9.82. The van der Waals surface area contributed by atoms with E-state index in [9.17, 15) is 4.79 Å². The molecular weight excluding hydrogens is 218 g/mol. The third-order valence-corrected chi connectivity index (χ3v) is 2.34. The molecule has 1 aromatic heterocycles. The summed E-state index contributed by atoms with van der Waals surface area (Å²) in [5.74, 6) is -0.303. The van der Waals surface area contributed by atoms with Crippen molar-refractivity contribution in [2.24, 2.45) is 0 Å². The van der Waals surface area contributed by atoms with E-state index in [2.05, 4.69) is 9.72 Å². The molecule has 90 valence electrons. The number of hydrogen-bond donors (Lipinski definition) is 0. The van der Waals surface area contributed by atoms with Gasteiger partial charge in [0.05, 0.1) is 19.0 Å². The van der Waals surface area contributed by atoms with E-state index in [-0.39, 0.29) is 18.6 Å². The summed E-state index contributed by atoms with van der Waals surface area (Å²) >= 11 is 0. The lowest BCUT2D eigenvalue weighted by molar-refractivity contribution is -0.139. The molecule has 0 spiro atoms. The largest absolute Gasteiger partial charge is 0.468 e. The fourth-order valence-electron chi connectivity index (χ4n) is 1.40. The van der Waals surface area contributed by atoms with Crippen LogP contribution in [0.5, 0.6) is 0 Å². The fourth-order valence-corrected chi connectivity index (χ4v) is 1.40. The van der Waals surface area contributed by atoms with Crippen LogP contribution in [-0.4, -0.2) is 30.6 Å². The summed E-state index contributed by atoms with van der Waals surface area (Å²) in [4.78, 5) is 17.1. The topological polar surface area (TPSA) is 66.2 Å². The van der Waals surface area contributed by atoms with Crippen LogP contribution < -0.4 is 4.90 Å². The third-order valence-electron chi connectivity index (χ3n) is 2.34. The lowest BCUT2D eigenvalue weighted by Crippen LogP contribution is -2.36. The molecule has 0 bridgehead atoms. The third kappa shape index (κ3) is 3.45. The highest BCUT2D eigenvalue weighted by atomic mass is 16.5. The molecule has 5 nitrogen and oxygen atoms in total. The molecule has 0 N–H and O–H groups in total. The van der Waals surface area contributed by atoms with Crippen molar-refractivity contribution in [1.82, 2.24) is 4.98 Å². The molecule has 0 aliphatic heterocycles. The lowest BCUT2D eigenvalue weighted by atomic mass is 10.2. The number of pyridine rings is 1. The Balaban J connectivity index is 2.90. The van der Waals surface area contributed by atoms with Crippen LogP contribution in [0.15, 0.2) is 18.3 Å². The summed E-state index contributed by atoms with van der Waals surface area (Å²) in [6, 6.07) is 5.49. The SMILES string of the molecule is COC(=O)CN(c1ccc(C#N)nc1)C(C)C. The first-order chi connectivity index (χ1) is 8.08. The van der Waals surface area contributed by atoms with E-state index in [4.69, 9.17) is 5.26 Å². The average Bonchev–Trinajstić information content (AvgIpc) is 2.35. The molecule has 0 aliphatic rings. The van der Waals surface area contributed by atoms with Gasteiger partial charge in [0.25, 0.3) is 0 Å². The minimum Gasteiger partial charge on any atom is -0.468 e. The van der Waals surface area contributed by atoms with Gasteiger partial charge < -0.3 is 9.64 Å². The zero-order chi connectivity index (χ0) is 12.8. The highest BCUT2D eigenvalue weighted by Crippen LogP contribution is 2.15. The maximum Gasteiger partial charge on any atom is 0.325 e. The van der Waals surface area contributed by atoms with Crippen molar-refractivity contribution in [3.8, 4) is 6.07 Å². The Labute approximate surface area is 101 Å². The second-order valence-electron chi connectivity index (χ2n) is 3.81. The minimum absolute atomic E-state index is 0.142. The Morgan fingerprint density at radius 2 is 2.29 bits per heavy atom. The molecular formula is C12H15N3O2. The number of methoxy groups -OCH3 is 1. The Kier molecular flexibility index (Phi) is 4.46. The van der Waals surface area contributed by atoms with E-state index >= 15 is 0 Å². The number of carbonyl (C=O) groups excluding carboxylic acids is 1. The second kappa shape index (κ2) is 5.85. The number of anilines is 1. The van der Waals surface area contributed by atoms with Crippen LogP contribution in [0, 0.1) is 11.3 Å². The molecule has 1 rings (SSSR count). The molecule has 0 aliphatic carbocycles. The summed E-state index contributed by atoms with van der Waals surface area (Å²) in [6.45, 7) is 4.12. The number of nitriles is 1. The van der Waals surface area contributed by atoms with E-state index in [0.29, 0.717) is 5.69 Å². The van der Waals surface area contributed by atoms with Gasteiger partial charge in [-0.1, -0.05) is 0 Å². The molecule has 17 heavy (non-hydrogen) atoms. The summed E-state index contributed by atoms with van der Waals surface area (Å²) < 4.78 is 4.64. The average molecular weight is 233 g/mol. The Morgan fingerprint density at radius 3 is 2.71 bits per heavy atom. The van der Waals surface area contributed by atoms with Crippen LogP contribution in [0.4, 0.5) is 5.69 Å². The first-order valence-electron chi connectivity index (χ1n) is 5.28. The van der Waals surface area contributed by atoms with Gasteiger partial charge in [-0.2, -0.15) is 5.26 Å². The summed E-state index contributed by atoms with van der Waals surface area (Å²) in [5.41, 5.74) is 1.15. The van der Waals surface area contributed by atoms with Crippen molar-refractivity contribution >= 4 is 11.7 Å². The van der Waals surface area contributed by atoms with Gasteiger partial charge >= 0.3 is 5.97 Å². The maximum absolute atomic E-state index is 11.3.